The standard InChI is InChI=1S/C19H24N2O5/c1-12-5-6-16(26-2)15(8-12)21-11-14(9-17(21)22)18(23)20-7-3-4-13(10-20)19(24)25/h5-6,8,13-14H,3-4,7,9-11H2,1-2H3,(H,24,25)/t13-,14-/m1/s1. The number of piperidine rings is 1. The van der Waals surface area contributed by atoms with Gasteiger partial charge in [0, 0.05) is 26.1 Å². The molecule has 0 unspecified atom stereocenters. The van der Waals surface area contributed by atoms with Gasteiger partial charge in [-0.1, -0.05) is 6.07 Å². The van der Waals surface area contributed by atoms with Crippen molar-refractivity contribution in [3.63, 3.8) is 0 Å². The maximum Gasteiger partial charge on any atom is 0.308 e. The lowest BCUT2D eigenvalue weighted by Crippen LogP contribution is -2.45. The van der Waals surface area contributed by atoms with E-state index in [1.54, 1.807) is 16.9 Å². The van der Waals surface area contributed by atoms with Gasteiger partial charge in [-0.15, -0.1) is 0 Å². The molecule has 2 aliphatic rings. The maximum atomic E-state index is 12.8. The number of ether oxygens (including phenoxy) is 1. The minimum atomic E-state index is -0.865. The van der Waals surface area contributed by atoms with Gasteiger partial charge >= 0.3 is 5.97 Å². The number of amides is 2. The number of rotatable bonds is 4. The third kappa shape index (κ3) is 3.52. The number of benzene rings is 1. The van der Waals surface area contributed by atoms with Crippen molar-refractivity contribution >= 4 is 23.5 Å². The minimum absolute atomic E-state index is 0.112. The molecule has 0 saturated carbocycles. The normalized spacial score (nSPS) is 23.2. The molecule has 2 saturated heterocycles. The molecule has 2 amide bonds. The summed E-state index contributed by atoms with van der Waals surface area (Å²) in [6.07, 6.45) is 1.41. The molecule has 2 fully saturated rings. The van der Waals surface area contributed by atoms with Gasteiger partial charge in [0.15, 0.2) is 0 Å². The van der Waals surface area contributed by atoms with Gasteiger partial charge in [0.2, 0.25) is 11.8 Å². The van der Waals surface area contributed by atoms with Crippen LogP contribution in [0.15, 0.2) is 18.2 Å². The van der Waals surface area contributed by atoms with E-state index in [4.69, 9.17) is 4.74 Å². The molecule has 7 nitrogen and oxygen atoms in total. The molecule has 1 N–H and O–H groups in total. The molecule has 140 valence electrons. The van der Waals surface area contributed by atoms with Crippen molar-refractivity contribution in [1.29, 1.82) is 0 Å². The monoisotopic (exact) mass is 360 g/mol. The van der Waals surface area contributed by atoms with Crippen LogP contribution >= 0.6 is 0 Å². The van der Waals surface area contributed by atoms with Crippen molar-refractivity contribution in [3.8, 4) is 5.75 Å². The molecule has 0 spiro atoms. The van der Waals surface area contributed by atoms with Crippen LogP contribution in [0.5, 0.6) is 5.75 Å². The number of carboxylic acid groups (broad SMARTS) is 1. The first-order valence-corrected chi connectivity index (χ1v) is 8.87. The van der Waals surface area contributed by atoms with E-state index in [9.17, 15) is 19.5 Å². The van der Waals surface area contributed by atoms with Crippen molar-refractivity contribution in [2.24, 2.45) is 11.8 Å². The zero-order valence-corrected chi connectivity index (χ0v) is 15.1. The Morgan fingerprint density at radius 1 is 1.23 bits per heavy atom. The molecule has 1 aromatic rings. The van der Waals surface area contributed by atoms with E-state index in [1.807, 2.05) is 25.1 Å². The molecular weight excluding hydrogens is 336 g/mol. The Bertz CT molecular complexity index is 733. The van der Waals surface area contributed by atoms with E-state index in [0.29, 0.717) is 37.4 Å². The van der Waals surface area contributed by atoms with Crippen LogP contribution in [0.1, 0.15) is 24.8 Å². The Kier molecular flexibility index (Phi) is 5.15. The number of hydrogen-bond acceptors (Lipinski definition) is 4. The zero-order valence-electron chi connectivity index (χ0n) is 15.1. The van der Waals surface area contributed by atoms with Crippen LogP contribution < -0.4 is 9.64 Å². The lowest BCUT2D eigenvalue weighted by atomic mass is 9.96. The van der Waals surface area contributed by atoms with Crippen LogP contribution in [0.2, 0.25) is 0 Å². The highest BCUT2D eigenvalue weighted by Gasteiger charge is 2.39. The van der Waals surface area contributed by atoms with Crippen molar-refractivity contribution in [1.82, 2.24) is 4.90 Å². The Morgan fingerprint density at radius 2 is 2.00 bits per heavy atom. The summed E-state index contributed by atoms with van der Waals surface area (Å²) in [5.74, 6) is -1.47. The SMILES string of the molecule is COc1ccc(C)cc1N1C[C@H](C(=O)N2CCC[C@@H](C(=O)O)C2)CC1=O. The average Bonchev–Trinajstić information content (AvgIpc) is 3.02. The van der Waals surface area contributed by atoms with E-state index in [0.717, 1.165) is 5.56 Å². The fourth-order valence-electron chi connectivity index (χ4n) is 3.75. The van der Waals surface area contributed by atoms with Crippen LogP contribution in [-0.2, 0) is 14.4 Å². The second-order valence-corrected chi connectivity index (χ2v) is 7.04. The fraction of sp³-hybridized carbons (Fsp3) is 0.526. The van der Waals surface area contributed by atoms with Gasteiger partial charge < -0.3 is 19.6 Å². The number of carbonyl (C=O) groups excluding carboxylic acids is 2. The molecule has 1 aromatic carbocycles. The van der Waals surface area contributed by atoms with Crippen LogP contribution in [0, 0.1) is 18.8 Å². The summed E-state index contributed by atoms with van der Waals surface area (Å²) in [5, 5.41) is 9.21. The number of aryl methyl sites for hydroxylation is 1. The highest BCUT2D eigenvalue weighted by Crippen LogP contribution is 2.34. The van der Waals surface area contributed by atoms with Gasteiger partial charge in [0.25, 0.3) is 0 Å². The number of anilines is 1. The topological polar surface area (TPSA) is 87.2 Å². The van der Waals surface area contributed by atoms with E-state index < -0.39 is 17.8 Å². The van der Waals surface area contributed by atoms with Gasteiger partial charge in [-0.3, -0.25) is 14.4 Å². The predicted molar refractivity (Wildman–Crippen MR) is 95.1 cm³/mol. The highest BCUT2D eigenvalue weighted by atomic mass is 16.5. The summed E-state index contributed by atoms with van der Waals surface area (Å²) < 4.78 is 5.36. The second-order valence-electron chi connectivity index (χ2n) is 7.04. The summed E-state index contributed by atoms with van der Waals surface area (Å²) in [7, 11) is 1.55. The van der Waals surface area contributed by atoms with E-state index in [-0.39, 0.29) is 24.8 Å². The molecule has 0 aromatic heterocycles. The lowest BCUT2D eigenvalue weighted by molar-refractivity contribution is -0.146. The van der Waals surface area contributed by atoms with Crippen molar-refractivity contribution in [3.05, 3.63) is 23.8 Å². The first-order chi connectivity index (χ1) is 12.4. The van der Waals surface area contributed by atoms with Crippen molar-refractivity contribution < 1.29 is 24.2 Å². The smallest absolute Gasteiger partial charge is 0.308 e. The van der Waals surface area contributed by atoms with Crippen LogP contribution in [0.25, 0.3) is 0 Å². The predicted octanol–water partition coefficient (Wildman–Crippen LogP) is 1.68. The largest absolute Gasteiger partial charge is 0.495 e. The Balaban J connectivity index is 1.74. The molecule has 2 heterocycles. The number of carbonyl (C=O) groups is 3. The summed E-state index contributed by atoms with van der Waals surface area (Å²) in [4.78, 5) is 39.8. The minimum Gasteiger partial charge on any atom is -0.495 e. The highest BCUT2D eigenvalue weighted by molar-refractivity contribution is 6.01. The molecule has 0 bridgehead atoms. The Labute approximate surface area is 152 Å². The van der Waals surface area contributed by atoms with Crippen LogP contribution in [0.3, 0.4) is 0 Å². The van der Waals surface area contributed by atoms with Gasteiger partial charge in [0.1, 0.15) is 5.75 Å². The number of nitrogens with zero attached hydrogens (tertiary/aromatic N) is 2. The van der Waals surface area contributed by atoms with Crippen LogP contribution in [-0.4, -0.2) is 54.5 Å². The first-order valence-electron chi connectivity index (χ1n) is 8.87. The molecule has 0 radical (unpaired) electrons. The molecule has 7 heteroatoms. The quantitative estimate of drug-likeness (QED) is 0.883. The van der Waals surface area contributed by atoms with Crippen molar-refractivity contribution in [2.75, 3.05) is 31.6 Å². The van der Waals surface area contributed by atoms with E-state index >= 15 is 0 Å². The number of carboxylic acids is 1. The van der Waals surface area contributed by atoms with Gasteiger partial charge in [-0.05, 0) is 37.5 Å². The molecule has 26 heavy (non-hydrogen) atoms. The molecular formula is C19H24N2O5. The molecule has 2 aliphatic heterocycles. The number of aliphatic carboxylic acids is 1. The van der Waals surface area contributed by atoms with E-state index in [1.165, 1.54) is 0 Å². The lowest BCUT2D eigenvalue weighted by Gasteiger charge is -2.32. The number of hydrogen-bond donors (Lipinski definition) is 1. The van der Waals surface area contributed by atoms with Gasteiger partial charge in [-0.2, -0.15) is 0 Å². The molecule has 2 atom stereocenters. The molecule has 0 aliphatic carbocycles. The van der Waals surface area contributed by atoms with Crippen molar-refractivity contribution in [2.45, 2.75) is 26.2 Å². The average molecular weight is 360 g/mol. The van der Waals surface area contributed by atoms with Crippen LogP contribution in [0.4, 0.5) is 5.69 Å². The summed E-state index contributed by atoms with van der Waals surface area (Å²) >= 11 is 0. The Morgan fingerprint density at radius 3 is 2.69 bits per heavy atom. The third-order valence-corrected chi connectivity index (χ3v) is 5.18. The fourth-order valence-corrected chi connectivity index (χ4v) is 3.75. The number of methoxy groups -OCH3 is 1. The summed E-state index contributed by atoms with van der Waals surface area (Å²) in [6, 6.07) is 5.60. The van der Waals surface area contributed by atoms with Gasteiger partial charge in [-0.25, -0.2) is 0 Å². The van der Waals surface area contributed by atoms with E-state index in [2.05, 4.69) is 0 Å². The van der Waals surface area contributed by atoms with Gasteiger partial charge in [0.05, 0.1) is 24.6 Å². The summed E-state index contributed by atoms with van der Waals surface area (Å²) in [5.41, 5.74) is 1.68. The summed E-state index contributed by atoms with van der Waals surface area (Å²) in [6.45, 7) is 3.02. The maximum absolute atomic E-state index is 12.8. The number of likely N-dealkylation sites (tertiary alicyclic amines) is 1. The first kappa shape index (κ1) is 18.2. The second kappa shape index (κ2) is 7.35. The third-order valence-electron chi connectivity index (χ3n) is 5.18. The zero-order chi connectivity index (χ0) is 18.8. The molecule has 3 rings (SSSR count). The Hall–Kier alpha value is -2.57.